The summed E-state index contributed by atoms with van der Waals surface area (Å²) >= 11 is 7.08. The Morgan fingerprint density at radius 2 is 1.89 bits per heavy atom. The van der Waals surface area contributed by atoms with E-state index >= 15 is 0 Å². The second-order valence-corrected chi connectivity index (χ2v) is 9.14. The van der Waals surface area contributed by atoms with Crippen molar-refractivity contribution in [1.82, 2.24) is 4.31 Å². The molecule has 1 unspecified atom stereocenters. The minimum absolute atomic E-state index is 0.00143. The van der Waals surface area contributed by atoms with E-state index in [-0.39, 0.29) is 5.41 Å². The minimum Gasteiger partial charge on any atom is -0.211 e. The maximum atomic E-state index is 12.7. The molecule has 0 aromatic heterocycles. The Kier molecular flexibility index (Phi) is 4.32. The predicted molar refractivity (Wildman–Crippen MR) is 81.9 cm³/mol. The van der Waals surface area contributed by atoms with Gasteiger partial charge >= 0.3 is 0 Å². The summed E-state index contributed by atoms with van der Waals surface area (Å²) in [6, 6.07) is 0. The Labute approximate surface area is 126 Å². The molecule has 1 atom stereocenters. The average molecular weight is 401 g/mol. The summed E-state index contributed by atoms with van der Waals surface area (Å²) in [5.74, 6) is 0. The molecule has 1 aliphatic heterocycles. The van der Waals surface area contributed by atoms with Crippen LogP contribution in [0.4, 0.5) is 0 Å². The maximum Gasteiger partial charge on any atom is 0.223 e. The molecule has 0 radical (unpaired) electrons. The first-order chi connectivity index (χ1) is 8.39. The molecular weight excluding hydrogens is 382 g/mol. The van der Waals surface area contributed by atoms with E-state index in [9.17, 15) is 8.42 Å². The third-order valence-electron chi connectivity index (χ3n) is 4.06. The summed E-state index contributed by atoms with van der Waals surface area (Å²) in [4.78, 5) is 0. The van der Waals surface area contributed by atoms with Crippen LogP contribution in [-0.2, 0) is 10.0 Å². The van der Waals surface area contributed by atoms with E-state index in [0.717, 1.165) is 23.5 Å². The molecule has 1 aliphatic carbocycles. The van der Waals surface area contributed by atoms with Gasteiger partial charge in [-0.2, -0.15) is 0 Å². The van der Waals surface area contributed by atoms with Crippen LogP contribution < -0.4 is 0 Å². The molecule has 1 saturated heterocycles. The van der Waals surface area contributed by atoms with Gasteiger partial charge < -0.3 is 0 Å². The molecule has 18 heavy (non-hydrogen) atoms. The van der Waals surface area contributed by atoms with Gasteiger partial charge in [-0.05, 0) is 31.6 Å². The second-order valence-electron chi connectivity index (χ2n) is 5.62. The average Bonchev–Trinajstić information content (AvgIpc) is 2.26. The van der Waals surface area contributed by atoms with Crippen LogP contribution in [-0.4, -0.2) is 41.2 Å². The lowest BCUT2D eigenvalue weighted by Gasteiger charge is -2.44. The van der Waals surface area contributed by atoms with Crippen molar-refractivity contribution in [3.8, 4) is 0 Å². The van der Waals surface area contributed by atoms with E-state index in [2.05, 4.69) is 31.9 Å². The second kappa shape index (κ2) is 5.19. The van der Waals surface area contributed by atoms with Crippen molar-refractivity contribution in [2.45, 2.75) is 30.9 Å². The predicted octanol–water partition coefficient (Wildman–Crippen LogP) is 2.91. The van der Waals surface area contributed by atoms with Gasteiger partial charge in [0.05, 0.1) is 0 Å². The molecule has 0 aromatic rings. The molecule has 104 valence electrons. The lowest BCUT2D eigenvalue weighted by molar-refractivity contribution is 0.273. The van der Waals surface area contributed by atoms with Crippen molar-refractivity contribution >= 4 is 41.9 Å². The van der Waals surface area contributed by atoms with E-state index in [4.69, 9.17) is 0 Å². The van der Waals surface area contributed by atoms with Crippen LogP contribution in [0.25, 0.3) is 0 Å². The fourth-order valence-electron chi connectivity index (χ4n) is 2.67. The van der Waals surface area contributed by atoms with Crippen LogP contribution in [0.2, 0.25) is 0 Å². The van der Waals surface area contributed by atoms with Crippen molar-refractivity contribution in [3.05, 3.63) is 12.2 Å². The fourth-order valence-corrected chi connectivity index (χ4v) is 6.54. The molecular formula is C12H19Br2NO2S. The number of hydrogen-bond donors (Lipinski definition) is 0. The molecule has 6 heteroatoms. The van der Waals surface area contributed by atoms with Crippen LogP contribution in [0.1, 0.15) is 26.2 Å². The monoisotopic (exact) mass is 399 g/mol. The summed E-state index contributed by atoms with van der Waals surface area (Å²) in [7, 11) is -3.21. The number of halogens is 2. The zero-order valence-electron chi connectivity index (χ0n) is 10.5. The Morgan fingerprint density at radius 3 is 2.33 bits per heavy atom. The number of rotatable bonds is 4. The Hall–Kier alpha value is 0.610. The van der Waals surface area contributed by atoms with E-state index in [1.54, 1.807) is 4.31 Å². The van der Waals surface area contributed by atoms with Crippen molar-refractivity contribution in [2.24, 2.45) is 5.41 Å². The highest BCUT2D eigenvalue weighted by molar-refractivity contribution is 9.09. The largest absolute Gasteiger partial charge is 0.223 e. The van der Waals surface area contributed by atoms with Crippen LogP contribution in [0.3, 0.4) is 0 Å². The van der Waals surface area contributed by atoms with Gasteiger partial charge in [0.2, 0.25) is 10.0 Å². The van der Waals surface area contributed by atoms with Gasteiger partial charge in [0.1, 0.15) is 4.75 Å². The minimum atomic E-state index is -3.21. The number of sulfonamides is 1. The summed E-state index contributed by atoms with van der Waals surface area (Å²) in [5.41, 5.74) is 0.00143. The van der Waals surface area contributed by atoms with Crippen LogP contribution in [0, 0.1) is 5.41 Å². The van der Waals surface area contributed by atoms with E-state index in [1.165, 1.54) is 0 Å². The molecule has 2 aliphatic rings. The van der Waals surface area contributed by atoms with Crippen LogP contribution in [0.5, 0.6) is 0 Å². The first-order valence-corrected chi connectivity index (χ1v) is 9.87. The van der Waals surface area contributed by atoms with E-state index < -0.39 is 14.8 Å². The number of alkyl halides is 2. The van der Waals surface area contributed by atoms with Crippen molar-refractivity contribution in [1.29, 1.82) is 0 Å². The van der Waals surface area contributed by atoms with Crippen molar-refractivity contribution in [3.63, 3.8) is 0 Å². The lowest BCUT2D eigenvalue weighted by atomic mass is 9.76. The van der Waals surface area contributed by atoms with Gasteiger partial charge in [-0.15, -0.1) is 0 Å². The molecule has 1 heterocycles. The quantitative estimate of drug-likeness (QED) is 0.537. The molecule has 0 amide bonds. The molecule has 0 saturated carbocycles. The number of allylic oxidation sites excluding steroid dienone is 1. The number of hydrogen-bond acceptors (Lipinski definition) is 2. The standard InChI is InChI=1S/C12H19Br2NO2S/c1-11(18(16,17)15-6-3-7-15)4-2-5-12(8-11,9-13)10-14/h2,4H,3,5-10H2,1H3. The molecule has 0 bridgehead atoms. The van der Waals surface area contributed by atoms with E-state index in [1.807, 2.05) is 19.1 Å². The van der Waals surface area contributed by atoms with Gasteiger partial charge in [0, 0.05) is 23.7 Å². The van der Waals surface area contributed by atoms with E-state index in [0.29, 0.717) is 19.5 Å². The summed E-state index contributed by atoms with van der Waals surface area (Å²) in [5, 5.41) is 1.64. The van der Waals surface area contributed by atoms with Crippen molar-refractivity contribution < 1.29 is 8.42 Å². The van der Waals surface area contributed by atoms with Gasteiger partial charge in [0.25, 0.3) is 0 Å². The molecule has 0 spiro atoms. The van der Waals surface area contributed by atoms with Crippen molar-refractivity contribution in [2.75, 3.05) is 23.7 Å². The fraction of sp³-hybridized carbons (Fsp3) is 0.833. The maximum absolute atomic E-state index is 12.7. The Bertz CT molecular complexity index is 441. The van der Waals surface area contributed by atoms with Crippen LogP contribution >= 0.6 is 31.9 Å². The molecule has 1 fully saturated rings. The van der Waals surface area contributed by atoms with Gasteiger partial charge in [0.15, 0.2) is 0 Å². The highest BCUT2D eigenvalue weighted by Crippen LogP contribution is 2.45. The Morgan fingerprint density at radius 1 is 1.28 bits per heavy atom. The topological polar surface area (TPSA) is 37.4 Å². The third kappa shape index (κ3) is 2.34. The normalized spacial score (nSPS) is 32.2. The zero-order chi connectivity index (χ0) is 13.4. The molecule has 0 N–H and O–H groups in total. The van der Waals surface area contributed by atoms with Gasteiger partial charge in [-0.1, -0.05) is 44.0 Å². The Balaban J connectivity index is 2.31. The summed E-state index contributed by atoms with van der Waals surface area (Å²) < 4.78 is 26.2. The highest BCUT2D eigenvalue weighted by atomic mass is 79.9. The SMILES string of the molecule is CC1(S(=O)(=O)N2CCC2)C=CCC(CBr)(CBr)C1. The van der Waals surface area contributed by atoms with Crippen LogP contribution in [0.15, 0.2) is 12.2 Å². The molecule has 0 aromatic carbocycles. The smallest absolute Gasteiger partial charge is 0.211 e. The molecule has 2 rings (SSSR count). The molecule has 3 nitrogen and oxygen atoms in total. The zero-order valence-corrected chi connectivity index (χ0v) is 14.5. The first-order valence-electron chi connectivity index (χ1n) is 6.19. The van der Waals surface area contributed by atoms with Gasteiger partial charge in [-0.3, -0.25) is 0 Å². The summed E-state index contributed by atoms with van der Waals surface area (Å²) in [6.07, 6.45) is 6.51. The van der Waals surface area contributed by atoms with Gasteiger partial charge in [-0.25, -0.2) is 12.7 Å². The first kappa shape index (κ1) is 15.0. The highest BCUT2D eigenvalue weighted by Gasteiger charge is 2.49. The lowest BCUT2D eigenvalue weighted by Crippen LogP contribution is -2.54. The third-order valence-corrected chi connectivity index (χ3v) is 8.94. The number of nitrogens with zero attached hydrogens (tertiary/aromatic N) is 1. The summed E-state index contributed by atoms with van der Waals surface area (Å²) in [6.45, 7) is 3.22.